The third-order valence-electron chi connectivity index (χ3n) is 5.05. The molecule has 0 N–H and O–H groups in total. The Bertz CT molecular complexity index is 783. The monoisotopic (exact) mass is 434 g/mol. The van der Waals surface area contributed by atoms with Gasteiger partial charge in [0.15, 0.2) is 6.10 Å². The van der Waals surface area contributed by atoms with E-state index in [1.165, 1.54) is 0 Å². The van der Waals surface area contributed by atoms with Crippen molar-refractivity contribution in [3.63, 3.8) is 0 Å². The molecule has 1 heterocycles. The molecule has 0 aliphatic carbocycles. The van der Waals surface area contributed by atoms with Gasteiger partial charge in [-0.1, -0.05) is 54.3 Å². The van der Waals surface area contributed by atoms with Crippen molar-refractivity contribution in [1.29, 1.82) is 0 Å². The van der Waals surface area contributed by atoms with Gasteiger partial charge in [0.25, 0.3) is 0 Å². The van der Waals surface area contributed by atoms with E-state index in [1.54, 1.807) is 20.8 Å². The number of carbonyl (C=O) groups excluding carboxylic acids is 3. The average Bonchev–Trinajstić information content (AvgIpc) is 3.08. The lowest BCUT2D eigenvalue weighted by molar-refractivity contribution is -0.182. The zero-order valence-electron chi connectivity index (χ0n) is 18.2. The number of hydrogen-bond acceptors (Lipinski definition) is 7. The summed E-state index contributed by atoms with van der Waals surface area (Å²) in [5.41, 5.74) is 0.296. The number of carbonyl (C=O) groups is 3. The van der Waals surface area contributed by atoms with Gasteiger partial charge in [-0.15, -0.1) is 0 Å². The van der Waals surface area contributed by atoms with E-state index in [-0.39, 0.29) is 26.4 Å². The van der Waals surface area contributed by atoms with Crippen LogP contribution in [0, 0.1) is 5.41 Å². The molecule has 2 rings (SSSR count). The van der Waals surface area contributed by atoms with Crippen LogP contribution < -0.4 is 5.19 Å². The molecule has 7 nitrogen and oxygen atoms in total. The average molecular weight is 435 g/mol. The molecule has 0 amide bonds. The Morgan fingerprint density at radius 2 is 1.53 bits per heavy atom. The van der Waals surface area contributed by atoms with Crippen molar-refractivity contribution in [2.24, 2.45) is 5.41 Å². The number of ether oxygens (including phenoxy) is 4. The third kappa shape index (κ3) is 4.49. The van der Waals surface area contributed by atoms with Crippen LogP contribution in [-0.2, 0) is 33.3 Å². The predicted octanol–water partition coefficient (Wildman–Crippen LogP) is 2.14. The standard InChI is InChI=1S/C22H30O7Si/c1-6-26-19(23)18-22(20(24)27-7-2,21(25)28-8-3)16(14-29-18)15-30(4,5)17-12-10-9-11-13-17/h9-13,15,18H,6-8,14H2,1-5H3/b16-15+. The molecule has 1 atom stereocenters. The molecule has 0 radical (unpaired) electrons. The Kier molecular flexibility index (Phi) is 7.97. The molecular formula is C22H30O7Si. The molecule has 1 saturated heterocycles. The molecule has 8 heteroatoms. The van der Waals surface area contributed by atoms with Crippen LogP contribution in [0.1, 0.15) is 20.8 Å². The SMILES string of the molecule is CCOC(=O)C1OC/C(=C\[Si](C)(C)c2ccccc2)C1(C(=O)OCC)C(=O)OCC. The second-order valence-corrected chi connectivity index (χ2v) is 11.8. The summed E-state index contributed by atoms with van der Waals surface area (Å²) in [7, 11) is -2.26. The lowest BCUT2D eigenvalue weighted by Gasteiger charge is -2.30. The molecule has 0 saturated carbocycles. The number of rotatable bonds is 8. The van der Waals surface area contributed by atoms with Crippen molar-refractivity contribution in [1.82, 2.24) is 0 Å². The van der Waals surface area contributed by atoms with E-state index in [0.29, 0.717) is 5.57 Å². The van der Waals surface area contributed by atoms with Gasteiger partial charge in [-0.2, -0.15) is 0 Å². The maximum Gasteiger partial charge on any atom is 0.337 e. The van der Waals surface area contributed by atoms with Crippen LogP contribution in [-0.4, -0.2) is 58.5 Å². The van der Waals surface area contributed by atoms with Crippen molar-refractivity contribution in [2.75, 3.05) is 26.4 Å². The van der Waals surface area contributed by atoms with Crippen LogP contribution in [0.25, 0.3) is 0 Å². The lowest BCUT2D eigenvalue weighted by atomic mass is 9.77. The largest absolute Gasteiger partial charge is 0.465 e. The van der Waals surface area contributed by atoms with Gasteiger partial charge in [0.05, 0.1) is 26.4 Å². The van der Waals surface area contributed by atoms with Gasteiger partial charge in [-0.3, -0.25) is 9.59 Å². The second kappa shape index (κ2) is 10.0. The minimum absolute atomic E-state index is 0.0440. The highest BCUT2D eigenvalue weighted by Crippen LogP contribution is 2.43. The smallest absolute Gasteiger partial charge is 0.337 e. The summed E-state index contributed by atoms with van der Waals surface area (Å²) >= 11 is 0. The number of hydrogen-bond donors (Lipinski definition) is 0. The first-order chi connectivity index (χ1) is 14.2. The fourth-order valence-corrected chi connectivity index (χ4v) is 6.04. The molecule has 0 aromatic heterocycles. The van der Waals surface area contributed by atoms with Crippen LogP contribution in [0.4, 0.5) is 0 Å². The van der Waals surface area contributed by atoms with E-state index in [1.807, 2.05) is 36.0 Å². The van der Waals surface area contributed by atoms with Crippen LogP contribution in [0.5, 0.6) is 0 Å². The molecule has 1 fully saturated rings. The van der Waals surface area contributed by atoms with Crippen molar-refractivity contribution in [3.8, 4) is 0 Å². The summed E-state index contributed by atoms with van der Waals surface area (Å²) in [4.78, 5) is 39.1. The zero-order chi connectivity index (χ0) is 22.4. The van der Waals surface area contributed by atoms with Crippen molar-refractivity contribution in [2.45, 2.75) is 40.0 Å². The first-order valence-electron chi connectivity index (χ1n) is 10.2. The van der Waals surface area contributed by atoms with E-state index in [9.17, 15) is 14.4 Å². The Labute approximate surface area is 178 Å². The minimum atomic E-state index is -2.26. The van der Waals surface area contributed by atoms with Crippen LogP contribution in [0.2, 0.25) is 13.1 Å². The zero-order valence-corrected chi connectivity index (χ0v) is 19.2. The first kappa shape index (κ1) is 23.8. The van der Waals surface area contributed by atoms with Crippen molar-refractivity contribution in [3.05, 3.63) is 41.6 Å². The fraction of sp³-hybridized carbons (Fsp3) is 0.500. The Morgan fingerprint density at radius 3 is 2.03 bits per heavy atom. The molecular weight excluding hydrogens is 404 g/mol. The Balaban J connectivity index is 2.68. The van der Waals surface area contributed by atoms with Gasteiger partial charge < -0.3 is 18.9 Å². The summed E-state index contributed by atoms with van der Waals surface area (Å²) in [5.74, 6) is -2.51. The molecule has 1 aromatic carbocycles. The van der Waals surface area contributed by atoms with Gasteiger partial charge in [0.1, 0.15) is 8.07 Å². The van der Waals surface area contributed by atoms with E-state index in [0.717, 1.165) is 5.19 Å². The molecule has 1 aromatic rings. The summed E-state index contributed by atoms with van der Waals surface area (Å²) in [6.07, 6.45) is -1.46. The lowest BCUT2D eigenvalue weighted by Crippen LogP contribution is -2.53. The summed E-state index contributed by atoms with van der Waals surface area (Å²) in [5, 5.41) is 1.11. The van der Waals surface area contributed by atoms with Gasteiger partial charge in [0.2, 0.25) is 5.41 Å². The number of benzene rings is 1. The van der Waals surface area contributed by atoms with Gasteiger partial charge in [0, 0.05) is 0 Å². The molecule has 30 heavy (non-hydrogen) atoms. The molecule has 1 unspecified atom stereocenters. The molecule has 1 aliphatic rings. The Morgan fingerprint density at radius 1 is 1.00 bits per heavy atom. The van der Waals surface area contributed by atoms with E-state index in [2.05, 4.69) is 13.1 Å². The highest BCUT2D eigenvalue weighted by molar-refractivity contribution is 6.94. The molecule has 0 bridgehead atoms. The summed E-state index contributed by atoms with van der Waals surface area (Å²) in [6.45, 7) is 9.21. The molecule has 1 aliphatic heterocycles. The number of esters is 3. The van der Waals surface area contributed by atoms with Gasteiger partial charge in [-0.25, -0.2) is 4.79 Å². The fourth-order valence-electron chi connectivity index (χ4n) is 3.63. The summed E-state index contributed by atoms with van der Waals surface area (Å²) < 4.78 is 21.3. The topological polar surface area (TPSA) is 88.1 Å². The molecule has 164 valence electrons. The second-order valence-electron chi connectivity index (χ2n) is 7.45. The summed E-state index contributed by atoms with van der Waals surface area (Å²) in [6, 6.07) is 9.84. The Hall–Kier alpha value is -2.45. The predicted molar refractivity (Wildman–Crippen MR) is 114 cm³/mol. The maximum absolute atomic E-state index is 13.2. The van der Waals surface area contributed by atoms with Crippen LogP contribution >= 0.6 is 0 Å². The van der Waals surface area contributed by atoms with E-state index < -0.39 is 37.5 Å². The first-order valence-corrected chi connectivity index (χ1v) is 13.2. The quantitative estimate of drug-likeness (QED) is 0.268. The van der Waals surface area contributed by atoms with Gasteiger partial charge in [-0.05, 0) is 26.3 Å². The van der Waals surface area contributed by atoms with Crippen molar-refractivity contribution >= 4 is 31.2 Å². The highest BCUT2D eigenvalue weighted by atomic mass is 28.3. The minimum Gasteiger partial charge on any atom is -0.465 e. The van der Waals surface area contributed by atoms with Crippen LogP contribution in [0.3, 0.4) is 0 Å². The van der Waals surface area contributed by atoms with Crippen molar-refractivity contribution < 1.29 is 33.3 Å². The normalized spacial score (nSPS) is 19.4. The van der Waals surface area contributed by atoms with Crippen LogP contribution in [0.15, 0.2) is 41.6 Å². The van der Waals surface area contributed by atoms with E-state index >= 15 is 0 Å². The highest BCUT2D eigenvalue weighted by Gasteiger charge is 2.65. The maximum atomic E-state index is 13.2. The van der Waals surface area contributed by atoms with Gasteiger partial charge >= 0.3 is 17.9 Å². The third-order valence-corrected chi connectivity index (χ3v) is 7.95. The molecule has 0 spiro atoms. The van der Waals surface area contributed by atoms with E-state index in [4.69, 9.17) is 18.9 Å².